The summed E-state index contributed by atoms with van der Waals surface area (Å²) >= 11 is 0. The van der Waals surface area contributed by atoms with E-state index >= 15 is 0 Å². The van der Waals surface area contributed by atoms with E-state index in [4.69, 9.17) is 0 Å². The lowest BCUT2D eigenvalue weighted by molar-refractivity contribution is -0.125. The minimum atomic E-state index is -0.0443. The molecule has 1 fully saturated rings. The van der Waals surface area contributed by atoms with Crippen molar-refractivity contribution in [3.8, 4) is 0 Å². The summed E-state index contributed by atoms with van der Waals surface area (Å²) in [5.74, 6) is 0.512. The van der Waals surface area contributed by atoms with E-state index in [1.54, 1.807) is 0 Å². The molecule has 1 aliphatic heterocycles. The molecule has 0 bridgehead atoms. The molecule has 0 radical (unpaired) electrons. The minimum Gasteiger partial charge on any atom is -0.351 e. The number of nitrogens with one attached hydrogen (secondary N) is 2. The third kappa shape index (κ3) is 3.29. The molecule has 1 amide bonds. The first-order valence-corrected chi connectivity index (χ1v) is 6.59. The molecule has 1 aromatic rings. The zero-order chi connectivity index (χ0) is 13.0. The summed E-state index contributed by atoms with van der Waals surface area (Å²) < 4.78 is 0. The Morgan fingerprint density at radius 1 is 1.56 bits per heavy atom. The molecule has 18 heavy (non-hydrogen) atoms. The van der Waals surface area contributed by atoms with Crippen molar-refractivity contribution in [3.05, 3.63) is 29.6 Å². The van der Waals surface area contributed by atoms with Crippen LogP contribution in [0.2, 0.25) is 0 Å². The molecular weight excluding hydrogens is 226 g/mol. The summed E-state index contributed by atoms with van der Waals surface area (Å²) in [5, 5.41) is 6.26. The predicted octanol–water partition coefficient (Wildman–Crippen LogP) is 1.39. The van der Waals surface area contributed by atoms with Gasteiger partial charge in [-0.2, -0.15) is 0 Å². The second-order valence-corrected chi connectivity index (χ2v) is 5.08. The number of aryl methyl sites for hydroxylation is 1. The molecule has 1 saturated heterocycles. The number of rotatable bonds is 3. The van der Waals surface area contributed by atoms with Gasteiger partial charge in [-0.1, -0.05) is 13.0 Å². The molecule has 98 valence electrons. The summed E-state index contributed by atoms with van der Waals surface area (Å²) in [6.45, 7) is 5.57. The Labute approximate surface area is 108 Å². The van der Waals surface area contributed by atoms with Crippen molar-refractivity contribution >= 4 is 5.91 Å². The lowest BCUT2D eigenvalue weighted by Crippen LogP contribution is -2.50. The quantitative estimate of drug-likeness (QED) is 0.849. The fourth-order valence-electron chi connectivity index (χ4n) is 2.30. The van der Waals surface area contributed by atoms with Crippen molar-refractivity contribution in [3.63, 3.8) is 0 Å². The number of hydrogen-bond acceptors (Lipinski definition) is 3. The highest BCUT2D eigenvalue weighted by molar-refractivity contribution is 5.82. The zero-order valence-corrected chi connectivity index (χ0v) is 11.1. The Bertz CT molecular complexity index is 402. The van der Waals surface area contributed by atoms with Crippen LogP contribution in [0.4, 0.5) is 0 Å². The number of hydrogen-bond donors (Lipinski definition) is 2. The fraction of sp³-hybridized carbons (Fsp3) is 0.571. The van der Waals surface area contributed by atoms with Crippen molar-refractivity contribution < 1.29 is 4.79 Å². The van der Waals surface area contributed by atoms with Crippen LogP contribution in [0.1, 0.15) is 31.0 Å². The highest BCUT2D eigenvalue weighted by Gasteiger charge is 2.26. The third-order valence-corrected chi connectivity index (χ3v) is 3.49. The van der Waals surface area contributed by atoms with Crippen LogP contribution in [-0.2, 0) is 11.3 Å². The van der Waals surface area contributed by atoms with E-state index in [1.807, 2.05) is 25.3 Å². The van der Waals surface area contributed by atoms with E-state index < -0.39 is 0 Å². The maximum Gasteiger partial charge on any atom is 0.237 e. The zero-order valence-electron chi connectivity index (χ0n) is 11.1. The molecule has 1 aliphatic rings. The van der Waals surface area contributed by atoms with Crippen molar-refractivity contribution in [2.24, 2.45) is 5.92 Å². The first-order chi connectivity index (χ1) is 8.66. The van der Waals surface area contributed by atoms with Crippen molar-refractivity contribution in [1.29, 1.82) is 0 Å². The van der Waals surface area contributed by atoms with E-state index in [9.17, 15) is 4.79 Å². The molecule has 0 aromatic carbocycles. The first-order valence-electron chi connectivity index (χ1n) is 6.59. The lowest BCUT2D eigenvalue weighted by Gasteiger charge is -2.28. The van der Waals surface area contributed by atoms with Crippen LogP contribution in [0.3, 0.4) is 0 Å². The molecule has 2 unspecified atom stereocenters. The molecule has 4 nitrogen and oxygen atoms in total. The van der Waals surface area contributed by atoms with Gasteiger partial charge in [-0.05, 0) is 43.9 Å². The highest BCUT2D eigenvalue weighted by Crippen LogP contribution is 2.15. The molecule has 2 rings (SSSR count). The number of aromatic nitrogens is 1. The predicted molar refractivity (Wildman–Crippen MR) is 71.0 cm³/mol. The molecule has 2 atom stereocenters. The largest absolute Gasteiger partial charge is 0.351 e. The maximum atomic E-state index is 12.1. The Morgan fingerprint density at radius 2 is 2.39 bits per heavy atom. The fourth-order valence-corrected chi connectivity index (χ4v) is 2.30. The number of nitrogens with zero attached hydrogens (tertiary/aromatic N) is 1. The van der Waals surface area contributed by atoms with Gasteiger partial charge in [-0.3, -0.25) is 9.78 Å². The van der Waals surface area contributed by atoms with Crippen molar-refractivity contribution in [2.75, 3.05) is 6.54 Å². The first kappa shape index (κ1) is 13.0. The van der Waals surface area contributed by atoms with Crippen LogP contribution in [-0.4, -0.2) is 23.5 Å². The maximum absolute atomic E-state index is 12.1. The van der Waals surface area contributed by atoms with Crippen LogP contribution >= 0.6 is 0 Å². The minimum absolute atomic E-state index is 0.0443. The Hall–Kier alpha value is -1.42. The number of piperidine rings is 1. The van der Waals surface area contributed by atoms with Gasteiger partial charge in [-0.25, -0.2) is 0 Å². The van der Waals surface area contributed by atoms with Gasteiger partial charge in [0, 0.05) is 18.4 Å². The highest BCUT2D eigenvalue weighted by atomic mass is 16.2. The van der Waals surface area contributed by atoms with Crippen LogP contribution in [0.25, 0.3) is 0 Å². The molecule has 0 saturated carbocycles. The van der Waals surface area contributed by atoms with Crippen molar-refractivity contribution in [1.82, 2.24) is 15.6 Å². The Morgan fingerprint density at radius 3 is 3.06 bits per heavy atom. The number of carbonyl (C=O) groups is 1. The summed E-state index contributed by atoms with van der Waals surface area (Å²) in [6, 6.07) is 3.92. The van der Waals surface area contributed by atoms with Gasteiger partial charge in [0.15, 0.2) is 0 Å². The smallest absolute Gasteiger partial charge is 0.237 e. The monoisotopic (exact) mass is 247 g/mol. The van der Waals surface area contributed by atoms with Gasteiger partial charge in [-0.15, -0.1) is 0 Å². The number of carbonyl (C=O) groups excluding carboxylic acids is 1. The van der Waals surface area contributed by atoms with Gasteiger partial charge < -0.3 is 10.6 Å². The van der Waals surface area contributed by atoms with Gasteiger partial charge in [0.2, 0.25) is 5.91 Å². The van der Waals surface area contributed by atoms with Gasteiger partial charge >= 0.3 is 0 Å². The summed E-state index contributed by atoms with van der Waals surface area (Å²) in [5.41, 5.74) is 2.03. The van der Waals surface area contributed by atoms with E-state index in [1.165, 1.54) is 0 Å². The van der Waals surface area contributed by atoms with Crippen LogP contribution in [0.5, 0.6) is 0 Å². The SMILES string of the molecule is Cc1ccc(CNC(=O)C2NCCCC2C)cn1. The van der Waals surface area contributed by atoms with Gasteiger partial charge in [0.05, 0.1) is 6.04 Å². The third-order valence-electron chi connectivity index (χ3n) is 3.49. The second kappa shape index (κ2) is 5.96. The van der Waals surface area contributed by atoms with E-state index in [-0.39, 0.29) is 11.9 Å². The second-order valence-electron chi connectivity index (χ2n) is 5.08. The topological polar surface area (TPSA) is 54.0 Å². The average Bonchev–Trinajstić information content (AvgIpc) is 2.38. The van der Waals surface area contributed by atoms with Crippen LogP contribution < -0.4 is 10.6 Å². The summed E-state index contributed by atoms with van der Waals surface area (Å²) in [6.07, 6.45) is 4.09. The van der Waals surface area contributed by atoms with Crippen LogP contribution in [0.15, 0.2) is 18.3 Å². The average molecular weight is 247 g/mol. The van der Waals surface area contributed by atoms with E-state index in [0.717, 1.165) is 30.6 Å². The molecular formula is C14H21N3O. The van der Waals surface area contributed by atoms with Crippen molar-refractivity contribution in [2.45, 2.75) is 39.3 Å². The summed E-state index contributed by atoms with van der Waals surface area (Å²) in [4.78, 5) is 16.3. The van der Waals surface area contributed by atoms with Gasteiger partial charge in [0.25, 0.3) is 0 Å². The molecule has 0 aliphatic carbocycles. The standard InChI is InChI=1S/C14H21N3O/c1-10-4-3-7-15-13(10)14(18)17-9-12-6-5-11(2)16-8-12/h5-6,8,10,13,15H,3-4,7,9H2,1-2H3,(H,17,18). The molecule has 0 spiro atoms. The Kier molecular flexibility index (Phi) is 4.31. The van der Waals surface area contributed by atoms with E-state index in [2.05, 4.69) is 22.5 Å². The van der Waals surface area contributed by atoms with E-state index in [0.29, 0.717) is 12.5 Å². The van der Waals surface area contributed by atoms with Gasteiger partial charge in [0.1, 0.15) is 0 Å². The molecule has 1 aromatic heterocycles. The number of pyridine rings is 1. The number of amides is 1. The summed E-state index contributed by atoms with van der Waals surface area (Å²) in [7, 11) is 0. The van der Waals surface area contributed by atoms with Crippen LogP contribution in [0, 0.1) is 12.8 Å². The lowest BCUT2D eigenvalue weighted by atomic mass is 9.92. The molecule has 4 heteroatoms. The molecule has 2 heterocycles. The normalized spacial score (nSPS) is 23.7. The molecule has 2 N–H and O–H groups in total. The Balaban J connectivity index is 1.85.